The van der Waals surface area contributed by atoms with Crippen LogP contribution in [0.2, 0.25) is 5.02 Å². The van der Waals surface area contributed by atoms with Crippen molar-refractivity contribution in [2.45, 2.75) is 30.8 Å². The van der Waals surface area contributed by atoms with Crippen molar-refractivity contribution in [1.29, 1.82) is 0 Å². The Balaban J connectivity index is 1.62. The molecule has 2 heterocycles. The number of hydrogen-bond donors (Lipinski definition) is 3. The van der Waals surface area contributed by atoms with Gasteiger partial charge >= 0.3 is 0 Å². The monoisotopic (exact) mass is 442 g/mol. The summed E-state index contributed by atoms with van der Waals surface area (Å²) in [4.78, 5) is 0. The fraction of sp³-hybridized carbons (Fsp3) is 0.250. The first-order valence-electron chi connectivity index (χ1n) is 9.83. The standard InChI is InChI=1S/C24H23ClO6/c1-29-17-7-4-14(5-8-17)11-16-12-15(6-9-19(16)25)24-23(28)22(27)21(26)20(31-24)13-18-3-2-10-30-18/h2-10,12-13,21-24,26-28H,11H2,1H3/b20-13-/t21-,22+,23-,24+/m1/s1. The van der Waals surface area contributed by atoms with Gasteiger partial charge in [-0.3, -0.25) is 0 Å². The number of benzene rings is 2. The van der Waals surface area contributed by atoms with Crippen molar-refractivity contribution < 1.29 is 29.2 Å². The highest BCUT2D eigenvalue weighted by atomic mass is 35.5. The van der Waals surface area contributed by atoms with E-state index in [9.17, 15) is 15.3 Å². The maximum absolute atomic E-state index is 10.6. The van der Waals surface area contributed by atoms with E-state index >= 15 is 0 Å². The van der Waals surface area contributed by atoms with Gasteiger partial charge in [0.05, 0.1) is 13.4 Å². The lowest BCUT2D eigenvalue weighted by molar-refractivity contribution is -0.156. The molecule has 1 fully saturated rings. The van der Waals surface area contributed by atoms with E-state index in [1.165, 1.54) is 12.3 Å². The molecule has 3 aromatic rings. The van der Waals surface area contributed by atoms with Gasteiger partial charge in [-0.05, 0) is 53.4 Å². The summed E-state index contributed by atoms with van der Waals surface area (Å²) in [6.07, 6.45) is -1.43. The average Bonchev–Trinajstić information content (AvgIpc) is 3.29. The van der Waals surface area contributed by atoms with E-state index in [0.717, 1.165) is 16.9 Å². The van der Waals surface area contributed by atoms with Crippen LogP contribution >= 0.6 is 11.6 Å². The first kappa shape index (κ1) is 21.5. The van der Waals surface area contributed by atoms with E-state index in [1.807, 2.05) is 30.3 Å². The minimum Gasteiger partial charge on any atom is -0.497 e. The molecule has 6 nitrogen and oxygen atoms in total. The van der Waals surface area contributed by atoms with Crippen LogP contribution in [0.4, 0.5) is 0 Å². The van der Waals surface area contributed by atoms with Gasteiger partial charge in [-0.1, -0.05) is 35.9 Å². The van der Waals surface area contributed by atoms with Crippen molar-refractivity contribution in [3.8, 4) is 5.75 Å². The summed E-state index contributed by atoms with van der Waals surface area (Å²) in [6, 6.07) is 16.4. The molecule has 162 valence electrons. The van der Waals surface area contributed by atoms with E-state index in [4.69, 9.17) is 25.5 Å². The molecule has 4 rings (SSSR count). The maximum atomic E-state index is 10.6. The molecule has 0 spiro atoms. The third kappa shape index (κ3) is 4.62. The molecule has 31 heavy (non-hydrogen) atoms. The molecule has 2 aromatic carbocycles. The second-order valence-corrected chi connectivity index (χ2v) is 7.81. The van der Waals surface area contributed by atoms with Gasteiger partial charge in [0.2, 0.25) is 0 Å². The Hall–Kier alpha value is -2.77. The van der Waals surface area contributed by atoms with E-state index in [2.05, 4.69) is 0 Å². The van der Waals surface area contributed by atoms with E-state index < -0.39 is 24.4 Å². The van der Waals surface area contributed by atoms with Gasteiger partial charge in [-0.25, -0.2) is 0 Å². The lowest BCUT2D eigenvalue weighted by Gasteiger charge is -2.37. The highest BCUT2D eigenvalue weighted by Crippen LogP contribution is 2.36. The number of aliphatic hydroxyl groups excluding tert-OH is 3. The highest BCUT2D eigenvalue weighted by molar-refractivity contribution is 6.31. The highest BCUT2D eigenvalue weighted by Gasteiger charge is 2.42. The van der Waals surface area contributed by atoms with Crippen LogP contribution in [0.5, 0.6) is 5.75 Å². The third-order valence-electron chi connectivity index (χ3n) is 5.32. The third-order valence-corrected chi connectivity index (χ3v) is 5.69. The Labute approximate surface area is 184 Å². The number of hydrogen-bond acceptors (Lipinski definition) is 6. The number of ether oxygens (including phenoxy) is 2. The quantitative estimate of drug-likeness (QED) is 0.557. The number of rotatable bonds is 5. The summed E-state index contributed by atoms with van der Waals surface area (Å²) < 4.78 is 16.4. The van der Waals surface area contributed by atoms with Crippen molar-refractivity contribution in [3.63, 3.8) is 0 Å². The fourth-order valence-corrected chi connectivity index (χ4v) is 3.77. The van der Waals surface area contributed by atoms with Crippen molar-refractivity contribution in [3.05, 3.63) is 94.1 Å². The van der Waals surface area contributed by atoms with Gasteiger partial charge < -0.3 is 29.2 Å². The molecule has 1 saturated heterocycles. The molecule has 0 aliphatic carbocycles. The van der Waals surface area contributed by atoms with Crippen molar-refractivity contribution in [1.82, 2.24) is 0 Å². The average molecular weight is 443 g/mol. The topological polar surface area (TPSA) is 92.3 Å². The summed E-state index contributed by atoms with van der Waals surface area (Å²) in [5.41, 5.74) is 2.52. The summed E-state index contributed by atoms with van der Waals surface area (Å²) in [5.74, 6) is 1.35. The van der Waals surface area contributed by atoms with Gasteiger partial charge in [-0.2, -0.15) is 0 Å². The van der Waals surface area contributed by atoms with Gasteiger partial charge in [0, 0.05) is 11.1 Å². The van der Waals surface area contributed by atoms with Crippen LogP contribution in [0.3, 0.4) is 0 Å². The summed E-state index contributed by atoms with van der Waals surface area (Å²) in [5, 5.41) is 31.9. The molecule has 0 unspecified atom stereocenters. The van der Waals surface area contributed by atoms with Crippen molar-refractivity contribution in [2.75, 3.05) is 7.11 Å². The number of halogens is 1. The minimum absolute atomic E-state index is 0.115. The van der Waals surface area contributed by atoms with E-state index in [1.54, 1.807) is 31.4 Å². The molecular weight excluding hydrogens is 420 g/mol. The lowest BCUT2D eigenvalue weighted by Crippen LogP contribution is -2.47. The molecule has 4 atom stereocenters. The molecule has 0 saturated carbocycles. The molecule has 0 radical (unpaired) electrons. The molecule has 1 aliphatic heterocycles. The molecule has 0 amide bonds. The van der Waals surface area contributed by atoms with Gasteiger partial charge in [0.25, 0.3) is 0 Å². The Kier molecular flexibility index (Phi) is 6.34. The Morgan fingerprint density at radius 2 is 1.81 bits per heavy atom. The normalized spacial score (nSPS) is 24.7. The molecular formula is C24H23ClO6. The zero-order valence-electron chi connectivity index (χ0n) is 16.8. The molecule has 0 bridgehead atoms. The van der Waals surface area contributed by atoms with Crippen molar-refractivity contribution >= 4 is 17.7 Å². The van der Waals surface area contributed by atoms with Crippen LogP contribution in [0, 0.1) is 0 Å². The van der Waals surface area contributed by atoms with Gasteiger partial charge in [-0.15, -0.1) is 0 Å². The number of methoxy groups -OCH3 is 1. The number of aliphatic hydroxyl groups is 3. The van der Waals surface area contributed by atoms with Gasteiger partial charge in [0.15, 0.2) is 6.10 Å². The zero-order chi connectivity index (χ0) is 22.0. The minimum atomic E-state index is -1.42. The molecule has 1 aliphatic rings. The predicted octanol–water partition coefficient (Wildman–Crippen LogP) is 3.73. The van der Waals surface area contributed by atoms with Crippen LogP contribution in [-0.4, -0.2) is 40.7 Å². The summed E-state index contributed by atoms with van der Waals surface area (Å²) in [6.45, 7) is 0. The Morgan fingerprint density at radius 1 is 1.03 bits per heavy atom. The van der Waals surface area contributed by atoms with Gasteiger partial charge in [0.1, 0.15) is 35.6 Å². The smallest absolute Gasteiger partial charge is 0.152 e. The lowest BCUT2D eigenvalue weighted by atomic mass is 9.91. The fourth-order valence-electron chi connectivity index (χ4n) is 3.59. The first-order valence-corrected chi connectivity index (χ1v) is 10.2. The second kappa shape index (κ2) is 9.16. The largest absolute Gasteiger partial charge is 0.497 e. The van der Waals surface area contributed by atoms with E-state index in [-0.39, 0.29) is 5.76 Å². The van der Waals surface area contributed by atoms with Crippen LogP contribution in [0.15, 0.2) is 71.0 Å². The summed E-state index contributed by atoms with van der Waals surface area (Å²) >= 11 is 6.41. The van der Waals surface area contributed by atoms with Crippen LogP contribution < -0.4 is 4.74 Å². The first-order chi connectivity index (χ1) is 15.0. The summed E-state index contributed by atoms with van der Waals surface area (Å²) in [7, 11) is 1.62. The Bertz CT molecular complexity index is 1040. The second-order valence-electron chi connectivity index (χ2n) is 7.40. The van der Waals surface area contributed by atoms with Crippen LogP contribution in [0.1, 0.15) is 28.6 Å². The molecule has 7 heteroatoms. The molecule has 3 N–H and O–H groups in total. The van der Waals surface area contributed by atoms with Crippen molar-refractivity contribution in [2.24, 2.45) is 0 Å². The molecule has 1 aromatic heterocycles. The SMILES string of the molecule is COc1ccc(Cc2cc([C@@H]3O/C(=C\c4ccco4)[C@@H](O)[C@H](O)[C@H]3O)ccc2Cl)cc1. The predicted molar refractivity (Wildman–Crippen MR) is 116 cm³/mol. The Morgan fingerprint density at radius 3 is 2.48 bits per heavy atom. The maximum Gasteiger partial charge on any atom is 0.152 e. The van der Waals surface area contributed by atoms with Crippen LogP contribution in [-0.2, 0) is 11.2 Å². The zero-order valence-corrected chi connectivity index (χ0v) is 17.6. The van der Waals surface area contributed by atoms with Crippen LogP contribution in [0.25, 0.3) is 6.08 Å². The number of furan rings is 1. The van der Waals surface area contributed by atoms with E-state index in [0.29, 0.717) is 22.8 Å².